The number of amides is 1. The van der Waals surface area contributed by atoms with Crippen molar-refractivity contribution in [2.24, 2.45) is 5.41 Å². The summed E-state index contributed by atoms with van der Waals surface area (Å²) in [7, 11) is 0. The van der Waals surface area contributed by atoms with Crippen molar-refractivity contribution in [3.63, 3.8) is 0 Å². The van der Waals surface area contributed by atoms with Gasteiger partial charge in [-0.25, -0.2) is 0 Å². The number of hydrogen-bond donors (Lipinski definition) is 0. The maximum absolute atomic E-state index is 12.6. The lowest BCUT2D eigenvalue weighted by Crippen LogP contribution is -2.58. The zero-order chi connectivity index (χ0) is 15.6. The predicted octanol–water partition coefficient (Wildman–Crippen LogP) is 2.72. The van der Waals surface area contributed by atoms with E-state index in [0.717, 1.165) is 32.4 Å². The molecule has 5 heteroatoms. The normalized spacial score (nSPS) is 28.7. The second-order valence-corrected chi connectivity index (χ2v) is 6.71. The fraction of sp³-hybridized carbons (Fsp3) is 0.706. The number of piperidine rings is 1. The van der Waals surface area contributed by atoms with Gasteiger partial charge in [0.2, 0.25) is 0 Å². The van der Waals surface area contributed by atoms with Gasteiger partial charge >= 0.3 is 0 Å². The molecule has 2 aliphatic heterocycles. The summed E-state index contributed by atoms with van der Waals surface area (Å²) in [6.07, 6.45) is 6.42. The Morgan fingerprint density at radius 3 is 3.14 bits per heavy atom. The number of fused-ring (bicyclic) bond motifs is 1. The minimum atomic E-state index is -0.0693. The lowest BCUT2D eigenvalue weighted by molar-refractivity contribution is -0.152. The molecule has 2 aliphatic rings. The summed E-state index contributed by atoms with van der Waals surface area (Å²) in [4.78, 5) is 14.5. The molecular weight excluding hydrogens is 282 g/mol. The predicted molar refractivity (Wildman–Crippen MR) is 81.7 cm³/mol. The Morgan fingerprint density at radius 2 is 2.41 bits per heavy atom. The van der Waals surface area contributed by atoms with Gasteiger partial charge in [0.25, 0.3) is 5.91 Å². The quantitative estimate of drug-likeness (QED) is 0.858. The Hall–Kier alpha value is -1.33. The van der Waals surface area contributed by atoms with E-state index in [-0.39, 0.29) is 23.5 Å². The highest BCUT2D eigenvalue weighted by atomic mass is 16.5. The van der Waals surface area contributed by atoms with Gasteiger partial charge in [-0.3, -0.25) is 4.79 Å². The molecule has 2 atom stereocenters. The first kappa shape index (κ1) is 15.6. The van der Waals surface area contributed by atoms with Crippen molar-refractivity contribution in [1.29, 1.82) is 0 Å². The maximum atomic E-state index is 12.6. The van der Waals surface area contributed by atoms with E-state index in [1.54, 1.807) is 12.3 Å². The lowest BCUT2D eigenvalue weighted by Gasteiger charge is -2.50. The van der Waals surface area contributed by atoms with Crippen molar-refractivity contribution >= 4 is 5.91 Å². The van der Waals surface area contributed by atoms with Crippen molar-refractivity contribution < 1.29 is 18.7 Å². The lowest BCUT2D eigenvalue weighted by atomic mass is 9.73. The van der Waals surface area contributed by atoms with Crippen molar-refractivity contribution in [3.8, 4) is 0 Å². The average Bonchev–Trinajstić information content (AvgIpc) is 3.06. The van der Waals surface area contributed by atoms with E-state index < -0.39 is 0 Å². The molecule has 2 fully saturated rings. The molecule has 1 aromatic rings. The van der Waals surface area contributed by atoms with Crippen LogP contribution in [0, 0.1) is 5.41 Å². The minimum Gasteiger partial charge on any atom is -0.472 e. The van der Waals surface area contributed by atoms with Gasteiger partial charge in [0.15, 0.2) is 0 Å². The van der Waals surface area contributed by atoms with Gasteiger partial charge in [0.1, 0.15) is 6.26 Å². The number of likely N-dealkylation sites (tertiary alicyclic amines) is 1. The third-order valence-electron chi connectivity index (χ3n) is 4.75. The van der Waals surface area contributed by atoms with Crippen LogP contribution in [0.1, 0.15) is 43.5 Å². The molecule has 0 aromatic carbocycles. The second-order valence-electron chi connectivity index (χ2n) is 6.71. The van der Waals surface area contributed by atoms with Gasteiger partial charge in [-0.1, -0.05) is 0 Å². The van der Waals surface area contributed by atoms with E-state index in [4.69, 9.17) is 13.9 Å². The van der Waals surface area contributed by atoms with Gasteiger partial charge in [0.05, 0.1) is 30.6 Å². The zero-order valence-electron chi connectivity index (χ0n) is 13.4. The molecule has 0 radical (unpaired) electrons. The summed E-state index contributed by atoms with van der Waals surface area (Å²) in [5.41, 5.74) is 0.551. The molecule has 1 amide bonds. The highest BCUT2D eigenvalue weighted by Crippen LogP contribution is 2.41. The molecule has 0 spiro atoms. The molecule has 5 nitrogen and oxygen atoms in total. The van der Waals surface area contributed by atoms with Crippen LogP contribution < -0.4 is 0 Å². The van der Waals surface area contributed by atoms with E-state index >= 15 is 0 Å². The maximum Gasteiger partial charge on any atom is 0.257 e. The Morgan fingerprint density at radius 1 is 1.55 bits per heavy atom. The third kappa shape index (κ3) is 3.06. The van der Waals surface area contributed by atoms with E-state index in [9.17, 15) is 4.79 Å². The molecule has 22 heavy (non-hydrogen) atoms. The van der Waals surface area contributed by atoms with E-state index in [0.29, 0.717) is 18.7 Å². The Labute approximate surface area is 131 Å². The molecule has 2 saturated heterocycles. The van der Waals surface area contributed by atoms with Crippen LogP contribution in [0.5, 0.6) is 0 Å². The molecule has 0 aliphatic carbocycles. The van der Waals surface area contributed by atoms with Gasteiger partial charge in [-0.2, -0.15) is 0 Å². The van der Waals surface area contributed by atoms with Crippen LogP contribution in [0.2, 0.25) is 0 Å². The Kier molecular flexibility index (Phi) is 4.54. The topological polar surface area (TPSA) is 51.9 Å². The highest BCUT2D eigenvalue weighted by Gasteiger charge is 2.47. The molecule has 0 saturated carbocycles. The molecule has 122 valence electrons. The van der Waals surface area contributed by atoms with Crippen LogP contribution >= 0.6 is 0 Å². The van der Waals surface area contributed by atoms with Crippen molar-refractivity contribution in [2.45, 2.75) is 45.3 Å². The first-order chi connectivity index (χ1) is 10.6. The fourth-order valence-corrected chi connectivity index (χ4v) is 3.58. The number of rotatable bonds is 4. The van der Waals surface area contributed by atoms with Crippen LogP contribution in [0.25, 0.3) is 0 Å². The average molecular weight is 307 g/mol. The summed E-state index contributed by atoms with van der Waals surface area (Å²) in [6.45, 7) is 7.01. The fourth-order valence-electron chi connectivity index (χ4n) is 3.58. The third-order valence-corrected chi connectivity index (χ3v) is 4.75. The number of furan rings is 1. The SMILES string of the molecule is CC(C)OC[C@]12CCCO[C@@H]1CCN(C(=O)c1ccoc1)C2. The number of ether oxygens (including phenoxy) is 2. The Balaban J connectivity index is 1.75. The molecule has 0 bridgehead atoms. The molecule has 3 heterocycles. The van der Waals surface area contributed by atoms with Crippen LogP contribution in [0.15, 0.2) is 23.0 Å². The first-order valence-electron chi connectivity index (χ1n) is 8.15. The number of carbonyl (C=O) groups excluding carboxylic acids is 1. The number of nitrogens with zero attached hydrogens (tertiary/aromatic N) is 1. The van der Waals surface area contributed by atoms with Crippen molar-refractivity contribution in [1.82, 2.24) is 4.90 Å². The van der Waals surface area contributed by atoms with E-state index in [1.807, 2.05) is 18.7 Å². The molecule has 0 N–H and O–H groups in total. The minimum absolute atomic E-state index is 0.0432. The summed E-state index contributed by atoms with van der Waals surface area (Å²) >= 11 is 0. The van der Waals surface area contributed by atoms with Gasteiger partial charge in [0, 0.05) is 25.1 Å². The molecule has 3 rings (SSSR count). The molecular formula is C17H25NO4. The standard InChI is InChI=1S/C17H25NO4/c1-13(2)22-12-17-6-3-8-21-15(17)4-7-18(11-17)16(19)14-5-9-20-10-14/h5,9-10,13,15H,3-4,6-8,11-12H2,1-2H3/t15-,17-/m1/s1. The van der Waals surface area contributed by atoms with E-state index in [2.05, 4.69) is 0 Å². The molecule has 1 aromatic heterocycles. The summed E-state index contributed by atoms with van der Waals surface area (Å²) in [6, 6.07) is 1.73. The summed E-state index contributed by atoms with van der Waals surface area (Å²) in [5, 5.41) is 0. The van der Waals surface area contributed by atoms with Crippen LogP contribution in [0.4, 0.5) is 0 Å². The van der Waals surface area contributed by atoms with Crippen LogP contribution in [-0.2, 0) is 9.47 Å². The first-order valence-corrected chi connectivity index (χ1v) is 8.15. The molecule has 0 unspecified atom stereocenters. The Bertz CT molecular complexity index is 499. The monoisotopic (exact) mass is 307 g/mol. The highest BCUT2D eigenvalue weighted by molar-refractivity contribution is 5.93. The smallest absolute Gasteiger partial charge is 0.257 e. The zero-order valence-corrected chi connectivity index (χ0v) is 13.4. The number of hydrogen-bond acceptors (Lipinski definition) is 4. The summed E-state index contributed by atoms with van der Waals surface area (Å²) in [5.74, 6) is 0.0432. The number of carbonyl (C=O) groups is 1. The van der Waals surface area contributed by atoms with Gasteiger partial charge < -0.3 is 18.8 Å². The largest absolute Gasteiger partial charge is 0.472 e. The second kappa shape index (κ2) is 6.42. The van der Waals surface area contributed by atoms with Crippen LogP contribution in [0.3, 0.4) is 0 Å². The van der Waals surface area contributed by atoms with Gasteiger partial charge in [-0.15, -0.1) is 0 Å². The van der Waals surface area contributed by atoms with Gasteiger partial charge in [-0.05, 0) is 39.2 Å². The van der Waals surface area contributed by atoms with Crippen molar-refractivity contribution in [3.05, 3.63) is 24.2 Å². The van der Waals surface area contributed by atoms with Crippen LogP contribution in [-0.4, -0.2) is 49.3 Å². The summed E-state index contributed by atoms with van der Waals surface area (Å²) < 4.78 is 17.0. The van der Waals surface area contributed by atoms with E-state index in [1.165, 1.54) is 6.26 Å². The van der Waals surface area contributed by atoms with Crippen molar-refractivity contribution in [2.75, 3.05) is 26.3 Å².